The molecule has 1 aromatic heterocycles. The summed E-state index contributed by atoms with van der Waals surface area (Å²) in [5, 5.41) is 4.00. The van der Waals surface area contributed by atoms with Crippen LogP contribution in [0.4, 0.5) is 0 Å². The molecule has 1 aliphatic heterocycles. The number of rotatable bonds is 4. The van der Waals surface area contributed by atoms with Gasteiger partial charge in [-0.3, -0.25) is 4.79 Å². The molecule has 5 nitrogen and oxygen atoms in total. The number of likely N-dealkylation sites (N-methyl/N-ethyl adjacent to an activating group) is 1. The van der Waals surface area contributed by atoms with Crippen molar-refractivity contribution in [3.8, 4) is 0 Å². The van der Waals surface area contributed by atoms with Gasteiger partial charge in [0.15, 0.2) is 0 Å². The van der Waals surface area contributed by atoms with E-state index in [2.05, 4.69) is 17.1 Å². The Labute approximate surface area is 147 Å². The highest BCUT2D eigenvalue weighted by Crippen LogP contribution is 2.29. The van der Waals surface area contributed by atoms with Crippen LogP contribution in [-0.2, 0) is 5.75 Å². The zero-order valence-electron chi connectivity index (χ0n) is 14.4. The van der Waals surface area contributed by atoms with E-state index in [1.54, 1.807) is 11.8 Å². The van der Waals surface area contributed by atoms with Gasteiger partial charge in [0.1, 0.15) is 5.76 Å². The van der Waals surface area contributed by atoms with Crippen LogP contribution in [0.25, 0.3) is 0 Å². The Bertz CT molecular complexity index is 701. The van der Waals surface area contributed by atoms with Crippen molar-refractivity contribution in [3.05, 3.63) is 46.8 Å². The number of hydrogen-bond acceptors (Lipinski definition) is 5. The van der Waals surface area contributed by atoms with Gasteiger partial charge in [-0.1, -0.05) is 17.3 Å². The SMILES string of the molecule is Cc1noc(C)c1CSc1ccccc1C(=O)N1CCN(C)CC1. The van der Waals surface area contributed by atoms with E-state index in [1.165, 1.54) is 0 Å². The molecule has 24 heavy (non-hydrogen) atoms. The Morgan fingerprint density at radius 1 is 1.21 bits per heavy atom. The first-order valence-electron chi connectivity index (χ1n) is 8.17. The zero-order valence-corrected chi connectivity index (χ0v) is 15.2. The smallest absolute Gasteiger partial charge is 0.255 e. The predicted octanol–water partition coefficient (Wildman–Crippen LogP) is 2.97. The second kappa shape index (κ2) is 7.40. The van der Waals surface area contributed by atoms with Crippen molar-refractivity contribution in [3.63, 3.8) is 0 Å². The van der Waals surface area contributed by atoms with E-state index in [9.17, 15) is 4.79 Å². The van der Waals surface area contributed by atoms with Crippen LogP contribution in [0, 0.1) is 13.8 Å². The second-order valence-electron chi connectivity index (χ2n) is 6.18. The van der Waals surface area contributed by atoms with Gasteiger partial charge >= 0.3 is 0 Å². The number of aryl methyl sites for hydroxylation is 2. The van der Waals surface area contributed by atoms with E-state index >= 15 is 0 Å². The molecular weight excluding hydrogens is 322 g/mol. The fraction of sp³-hybridized carbons (Fsp3) is 0.444. The number of nitrogens with zero attached hydrogens (tertiary/aromatic N) is 3. The molecule has 128 valence electrons. The van der Waals surface area contributed by atoms with E-state index in [4.69, 9.17) is 4.52 Å². The van der Waals surface area contributed by atoms with Crippen molar-refractivity contribution in [1.29, 1.82) is 0 Å². The van der Waals surface area contributed by atoms with Gasteiger partial charge < -0.3 is 14.3 Å². The molecule has 1 fully saturated rings. The molecule has 0 spiro atoms. The van der Waals surface area contributed by atoms with Crippen LogP contribution in [0.3, 0.4) is 0 Å². The van der Waals surface area contributed by atoms with E-state index in [1.807, 2.05) is 43.0 Å². The lowest BCUT2D eigenvalue weighted by Crippen LogP contribution is -2.47. The lowest BCUT2D eigenvalue weighted by Gasteiger charge is -2.32. The molecule has 0 N–H and O–H groups in total. The number of carbonyl (C=O) groups excluding carboxylic acids is 1. The fourth-order valence-electron chi connectivity index (χ4n) is 2.81. The van der Waals surface area contributed by atoms with Crippen LogP contribution in [0.2, 0.25) is 0 Å². The van der Waals surface area contributed by atoms with Crippen molar-refractivity contribution >= 4 is 17.7 Å². The quantitative estimate of drug-likeness (QED) is 0.798. The van der Waals surface area contributed by atoms with Gasteiger partial charge in [-0.15, -0.1) is 11.8 Å². The third kappa shape index (κ3) is 3.65. The van der Waals surface area contributed by atoms with E-state index in [0.29, 0.717) is 0 Å². The number of benzene rings is 1. The second-order valence-corrected chi connectivity index (χ2v) is 7.20. The van der Waals surface area contributed by atoms with Crippen LogP contribution in [-0.4, -0.2) is 54.1 Å². The van der Waals surface area contributed by atoms with Crippen molar-refractivity contribution in [2.24, 2.45) is 0 Å². The third-order valence-electron chi connectivity index (χ3n) is 4.46. The van der Waals surface area contributed by atoms with Crippen LogP contribution in [0.5, 0.6) is 0 Å². The summed E-state index contributed by atoms with van der Waals surface area (Å²) < 4.78 is 5.22. The maximum Gasteiger partial charge on any atom is 0.255 e. The third-order valence-corrected chi connectivity index (χ3v) is 5.56. The Morgan fingerprint density at radius 3 is 2.58 bits per heavy atom. The Balaban J connectivity index is 1.74. The molecule has 2 heterocycles. The molecule has 0 atom stereocenters. The molecule has 6 heteroatoms. The number of hydrogen-bond donors (Lipinski definition) is 0. The maximum absolute atomic E-state index is 12.9. The molecule has 0 saturated carbocycles. The Hall–Kier alpha value is -1.79. The number of carbonyl (C=O) groups is 1. The van der Waals surface area contributed by atoms with Crippen LogP contribution in [0.1, 0.15) is 27.4 Å². The van der Waals surface area contributed by atoms with Gasteiger partial charge in [0.2, 0.25) is 0 Å². The van der Waals surface area contributed by atoms with Crippen LogP contribution >= 0.6 is 11.8 Å². The number of amides is 1. The minimum atomic E-state index is 0.130. The predicted molar refractivity (Wildman–Crippen MR) is 95.4 cm³/mol. The summed E-state index contributed by atoms with van der Waals surface area (Å²) >= 11 is 1.67. The van der Waals surface area contributed by atoms with Crippen LogP contribution in [0.15, 0.2) is 33.7 Å². The van der Waals surface area contributed by atoms with Gasteiger partial charge in [-0.25, -0.2) is 0 Å². The van der Waals surface area contributed by atoms with E-state index < -0.39 is 0 Å². The number of piperazine rings is 1. The van der Waals surface area contributed by atoms with E-state index in [-0.39, 0.29) is 5.91 Å². The molecule has 1 saturated heterocycles. The monoisotopic (exact) mass is 345 g/mol. The Kier molecular flexibility index (Phi) is 5.26. The van der Waals surface area contributed by atoms with Crippen molar-refractivity contribution < 1.29 is 9.32 Å². The number of thioether (sulfide) groups is 1. The summed E-state index contributed by atoms with van der Waals surface area (Å²) in [6.07, 6.45) is 0. The molecule has 0 unspecified atom stereocenters. The Morgan fingerprint density at radius 2 is 1.92 bits per heavy atom. The molecule has 0 aliphatic carbocycles. The minimum Gasteiger partial charge on any atom is -0.361 e. The largest absolute Gasteiger partial charge is 0.361 e. The molecule has 1 amide bonds. The molecular formula is C18H23N3O2S. The average molecular weight is 345 g/mol. The molecule has 3 rings (SSSR count). The summed E-state index contributed by atoms with van der Waals surface area (Å²) in [5.74, 6) is 1.74. The van der Waals surface area contributed by atoms with Crippen molar-refractivity contribution in [1.82, 2.24) is 15.0 Å². The molecule has 0 bridgehead atoms. The standard InChI is InChI=1S/C18H23N3O2S/c1-13-16(14(2)23-19-13)12-24-17-7-5-4-6-15(17)18(22)21-10-8-20(3)9-11-21/h4-7H,8-12H2,1-3H3. The summed E-state index contributed by atoms with van der Waals surface area (Å²) in [5.41, 5.74) is 2.82. The van der Waals surface area contributed by atoms with Gasteiger partial charge in [-0.2, -0.15) is 0 Å². The summed E-state index contributed by atoms with van der Waals surface area (Å²) in [6, 6.07) is 7.86. The fourth-order valence-corrected chi connectivity index (χ4v) is 4.00. The highest BCUT2D eigenvalue weighted by molar-refractivity contribution is 7.98. The molecule has 1 aliphatic rings. The average Bonchev–Trinajstić information content (AvgIpc) is 2.91. The minimum absolute atomic E-state index is 0.130. The first-order valence-corrected chi connectivity index (χ1v) is 9.16. The van der Waals surface area contributed by atoms with Gasteiger partial charge in [-0.05, 0) is 33.0 Å². The highest BCUT2D eigenvalue weighted by Gasteiger charge is 2.22. The number of aromatic nitrogens is 1. The normalized spacial score (nSPS) is 15.7. The van der Waals surface area contributed by atoms with E-state index in [0.717, 1.165) is 59.4 Å². The summed E-state index contributed by atoms with van der Waals surface area (Å²) in [6.45, 7) is 7.32. The molecule has 2 aromatic rings. The lowest BCUT2D eigenvalue weighted by atomic mass is 10.2. The van der Waals surface area contributed by atoms with Gasteiger partial charge in [0, 0.05) is 42.4 Å². The lowest BCUT2D eigenvalue weighted by molar-refractivity contribution is 0.0660. The highest BCUT2D eigenvalue weighted by atomic mass is 32.2. The first kappa shape index (κ1) is 17.0. The topological polar surface area (TPSA) is 49.6 Å². The molecule has 1 aromatic carbocycles. The van der Waals surface area contributed by atoms with Gasteiger partial charge in [0.05, 0.1) is 11.3 Å². The summed E-state index contributed by atoms with van der Waals surface area (Å²) in [4.78, 5) is 18.1. The summed E-state index contributed by atoms with van der Waals surface area (Å²) in [7, 11) is 2.09. The van der Waals surface area contributed by atoms with Crippen molar-refractivity contribution in [2.45, 2.75) is 24.5 Å². The zero-order chi connectivity index (χ0) is 17.1. The molecule has 0 radical (unpaired) electrons. The van der Waals surface area contributed by atoms with Crippen LogP contribution < -0.4 is 0 Å². The van der Waals surface area contributed by atoms with Crippen molar-refractivity contribution in [2.75, 3.05) is 33.2 Å². The first-order chi connectivity index (χ1) is 11.6. The van der Waals surface area contributed by atoms with Gasteiger partial charge in [0.25, 0.3) is 5.91 Å². The maximum atomic E-state index is 12.9.